The Bertz CT molecular complexity index is 553. The van der Waals surface area contributed by atoms with Crippen molar-refractivity contribution >= 4 is 15.9 Å². The van der Waals surface area contributed by atoms with Crippen molar-refractivity contribution in [1.82, 2.24) is 15.1 Å². The minimum absolute atomic E-state index is 0.0494. The summed E-state index contributed by atoms with van der Waals surface area (Å²) in [6.45, 7) is 2.81. The van der Waals surface area contributed by atoms with Crippen LogP contribution in [0, 0.1) is 5.82 Å². The van der Waals surface area contributed by atoms with Gasteiger partial charge in [-0.15, -0.1) is 0 Å². The molecule has 1 N–H and O–H groups in total. The van der Waals surface area contributed by atoms with Gasteiger partial charge in [-0.05, 0) is 40.5 Å². The molecule has 1 atom stereocenters. The van der Waals surface area contributed by atoms with Gasteiger partial charge in [-0.25, -0.2) is 4.39 Å². The molecule has 0 radical (unpaired) electrons. The van der Waals surface area contributed by atoms with E-state index < -0.39 is 0 Å². The number of rotatable bonds is 5. The Morgan fingerprint density at radius 2 is 2.26 bits per heavy atom. The van der Waals surface area contributed by atoms with E-state index in [1.807, 2.05) is 38.5 Å². The first kappa shape index (κ1) is 14.2. The van der Waals surface area contributed by atoms with Crippen molar-refractivity contribution in [3.63, 3.8) is 0 Å². The quantitative estimate of drug-likeness (QED) is 0.914. The van der Waals surface area contributed by atoms with Crippen LogP contribution in [-0.2, 0) is 13.5 Å². The highest BCUT2D eigenvalue weighted by atomic mass is 79.9. The van der Waals surface area contributed by atoms with Gasteiger partial charge in [0.15, 0.2) is 0 Å². The van der Waals surface area contributed by atoms with Crippen LogP contribution in [-0.4, -0.2) is 16.3 Å². The standard InChI is InChI=1S/C14H17BrFN3/c1-3-17-13(7-10-8-18-19(2)9-10)11-5-4-6-12(15)14(11)16/h4-6,8-9,13,17H,3,7H2,1-2H3. The van der Waals surface area contributed by atoms with Crippen molar-refractivity contribution in [3.8, 4) is 0 Å². The Morgan fingerprint density at radius 1 is 1.47 bits per heavy atom. The fourth-order valence-electron chi connectivity index (χ4n) is 2.14. The Balaban J connectivity index is 2.26. The zero-order chi connectivity index (χ0) is 13.8. The van der Waals surface area contributed by atoms with Crippen molar-refractivity contribution in [1.29, 1.82) is 0 Å². The van der Waals surface area contributed by atoms with Crippen LogP contribution in [0.4, 0.5) is 4.39 Å². The molecule has 1 unspecified atom stereocenters. The lowest BCUT2D eigenvalue weighted by atomic mass is 10.00. The summed E-state index contributed by atoms with van der Waals surface area (Å²) in [7, 11) is 1.88. The molecule has 0 spiro atoms. The molecule has 5 heteroatoms. The van der Waals surface area contributed by atoms with E-state index in [0.29, 0.717) is 10.0 Å². The molecular weight excluding hydrogens is 309 g/mol. The van der Waals surface area contributed by atoms with E-state index >= 15 is 0 Å². The number of likely N-dealkylation sites (N-methyl/N-ethyl adjacent to an activating group) is 1. The van der Waals surface area contributed by atoms with E-state index in [2.05, 4.69) is 26.3 Å². The van der Waals surface area contributed by atoms with Crippen LogP contribution >= 0.6 is 15.9 Å². The molecular formula is C14H17BrFN3. The first-order valence-corrected chi connectivity index (χ1v) is 7.06. The van der Waals surface area contributed by atoms with E-state index in [0.717, 1.165) is 18.5 Å². The summed E-state index contributed by atoms with van der Waals surface area (Å²) in [5.74, 6) is -0.197. The minimum atomic E-state index is -0.197. The highest BCUT2D eigenvalue weighted by Crippen LogP contribution is 2.26. The Kier molecular flexibility index (Phi) is 4.71. The maximum atomic E-state index is 14.2. The van der Waals surface area contributed by atoms with Crippen molar-refractivity contribution < 1.29 is 4.39 Å². The molecule has 0 saturated heterocycles. The van der Waals surface area contributed by atoms with Gasteiger partial charge in [0, 0.05) is 24.8 Å². The maximum absolute atomic E-state index is 14.2. The Labute approximate surface area is 121 Å². The van der Waals surface area contributed by atoms with Crippen molar-refractivity contribution in [2.24, 2.45) is 7.05 Å². The van der Waals surface area contributed by atoms with Crippen LogP contribution in [0.5, 0.6) is 0 Å². The number of aromatic nitrogens is 2. The molecule has 0 fully saturated rings. The van der Waals surface area contributed by atoms with Crippen LogP contribution in [0.25, 0.3) is 0 Å². The summed E-state index contributed by atoms with van der Waals surface area (Å²) in [4.78, 5) is 0. The van der Waals surface area contributed by atoms with E-state index in [9.17, 15) is 4.39 Å². The van der Waals surface area contributed by atoms with Crippen molar-refractivity contribution in [3.05, 3.63) is 52.0 Å². The van der Waals surface area contributed by atoms with Crippen molar-refractivity contribution in [2.45, 2.75) is 19.4 Å². The lowest BCUT2D eigenvalue weighted by Gasteiger charge is -2.18. The van der Waals surface area contributed by atoms with Crippen molar-refractivity contribution in [2.75, 3.05) is 6.54 Å². The van der Waals surface area contributed by atoms with E-state index in [1.165, 1.54) is 0 Å². The molecule has 1 heterocycles. The Morgan fingerprint density at radius 3 is 2.89 bits per heavy atom. The van der Waals surface area contributed by atoms with Crippen LogP contribution in [0.2, 0.25) is 0 Å². The fourth-order valence-corrected chi connectivity index (χ4v) is 2.52. The first-order valence-electron chi connectivity index (χ1n) is 6.26. The predicted octanol–water partition coefficient (Wildman–Crippen LogP) is 3.22. The summed E-state index contributed by atoms with van der Waals surface area (Å²) in [5, 5.41) is 7.48. The number of hydrogen-bond acceptors (Lipinski definition) is 2. The third-order valence-electron chi connectivity index (χ3n) is 3.01. The second kappa shape index (κ2) is 6.30. The molecule has 0 aliphatic heterocycles. The lowest BCUT2D eigenvalue weighted by Crippen LogP contribution is -2.24. The van der Waals surface area contributed by atoms with Crippen LogP contribution in [0.3, 0.4) is 0 Å². The van der Waals surface area contributed by atoms with Crippen LogP contribution in [0.1, 0.15) is 24.1 Å². The smallest absolute Gasteiger partial charge is 0.142 e. The summed E-state index contributed by atoms with van der Waals surface area (Å²) in [6.07, 6.45) is 4.50. The highest BCUT2D eigenvalue weighted by molar-refractivity contribution is 9.10. The number of aryl methyl sites for hydroxylation is 1. The van der Waals surface area contributed by atoms with Gasteiger partial charge >= 0.3 is 0 Å². The number of benzene rings is 1. The normalized spacial score (nSPS) is 12.6. The van der Waals surface area contributed by atoms with Crippen LogP contribution < -0.4 is 5.32 Å². The minimum Gasteiger partial charge on any atom is -0.310 e. The molecule has 0 amide bonds. The van der Waals surface area contributed by atoms with E-state index in [-0.39, 0.29) is 11.9 Å². The van der Waals surface area contributed by atoms with Gasteiger partial charge in [-0.1, -0.05) is 19.1 Å². The molecule has 19 heavy (non-hydrogen) atoms. The zero-order valence-electron chi connectivity index (χ0n) is 11.0. The number of nitrogens with one attached hydrogen (secondary N) is 1. The van der Waals surface area contributed by atoms with Gasteiger partial charge in [-0.3, -0.25) is 4.68 Å². The van der Waals surface area contributed by atoms with E-state index in [1.54, 1.807) is 10.7 Å². The lowest BCUT2D eigenvalue weighted by molar-refractivity contribution is 0.507. The molecule has 2 aromatic rings. The van der Waals surface area contributed by atoms with Gasteiger partial charge in [0.2, 0.25) is 0 Å². The summed E-state index contributed by atoms with van der Waals surface area (Å²) in [6, 6.07) is 5.35. The zero-order valence-corrected chi connectivity index (χ0v) is 12.6. The first-order chi connectivity index (χ1) is 9.11. The topological polar surface area (TPSA) is 29.9 Å². The molecule has 0 aliphatic carbocycles. The molecule has 0 bridgehead atoms. The molecule has 0 aliphatic rings. The predicted molar refractivity (Wildman–Crippen MR) is 77.4 cm³/mol. The SMILES string of the molecule is CCNC(Cc1cnn(C)c1)c1cccc(Br)c1F. The monoisotopic (exact) mass is 325 g/mol. The van der Waals surface area contributed by atoms with Gasteiger partial charge < -0.3 is 5.32 Å². The molecule has 102 valence electrons. The third kappa shape index (κ3) is 3.42. The summed E-state index contributed by atoms with van der Waals surface area (Å²) in [5.41, 5.74) is 1.77. The summed E-state index contributed by atoms with van der Waals surface area (Å²) >= 11 is 3.24. The number of hydrogen-bond donors (Lipinski definition) is 1. The van der Waals surface area contributed by atoms with Gasteiger partial charge in [0.05, 0.1) is 10.7 Å². The Hall–Kier alpha value is -1.20. The number of nitrogens with zero attached hydrogens (tertiary/aromatic N) is 2. The highest BCUT2D eigenvalue weighted by Gasteiger charge is 2.17. The van der Waals surface area contributed by atoms with Crippen LogP contribution in [0.15, 0.2) is 35.1 Å². The molecule has 0 saturated carbocycles. The second-order valence-electron chi connectivity index (χ2n) is 4.48. The fraction of sp³-hybridized carbons (Fsp3) is 0.357. The third-order valence-corrected chi connectivity index (χ3v) is 3.62. The molecule has 1 aromatic carbocycles. The number of halogens is 2. The molecule has 3 nitrogen and oxygen atoms in total. The summed E-state index contributed by atoms with van der Waals surface area (Å²) < 4.78 is 16.4. The molecule has 1 aromatic heterocycles. The van der Waals surface area contributed by atoms with E-state index in [4.69, 9.17) is 0 Å². The second-order valence-corrected chi connectivity index (χ2v) is 5.33. The maximum Gasteiger partial charge on any atom is 0.142 e. The van der Waals surface area contributed by atoms with Gasteiger partial charge in [-0.2, -0.15) is 5.10 Å². The van der Waals surface area contributed by atoms with Gasteiger partial charge in [0.25, 0.3) is 0 Å². The molecule has 2 rings (SSSR count). The average molecular weight is 326 g/mol. The van der Waals surface area contributed by atoms with Gasteiger partial charge in [0.1, 0.15) is 5.82 Å². The largest absolute Gasteiger partial charge is 0.310 e. The average Bonchev–Trinajstić information content (AvgIpc) is 2.78.